The van der Waals surface area contributed by atoms with E-state index in [1.165, 1.54) is 4.90 Å². The number of Topliss-reactive ketones (excluding diaryl/α,β-unsaturated/α-hetero) is 1. The van der Waals surface area contributed by atoms with Crippen molar-refractivity contribution in [3.63, 3.8) is 0 Å². The fraction of sp³-hybridized carbons (Fsp3) is 0.250. The average molecular weight is 667 g/mol. The number of thiazole rings is 1. The number of pyridine rings is 1. The van der Waals surface area contributed by atoms with E-state index in [1.54, 1.807) is 39.0 Å². The van der Waals surface area contributed by atoms with Gasteiger partial charge in [-0.2, -0.15) is 0 Å². The van der Waals surface area contributed by atoms with Crippen LogP contribution in [0.2, 0.25) is 0 Å². The van der Waals surface area contributed by atoms with Gasteiger partial charge >= 0.3 is 11.9 Å². The highest BCUT2D eigenvalue weighted by molar-refractivity contribution is 7.17. The van der Waals surface area contributed by atoms with E-state index in [2.05, 4.69) is 9.97 Å². The fourth-order valence-electron chi connectivity index (χ4n) is 5.71. The average Bonchev–Trinajstić information content (AvgIpc) is 3.72. The van der Waals surface area contributed by atoms with Crippen molar-refractivity contribution in [1.29, 1.82) is 0 Å². The van der Waals surface area contributed by atoms with Gasteiger partial charge in [0.05, 0.1) is 36.2 Å². The monoisotopic (exact) mass is 666 g/mol. The first-order valence-corrected chi connectivity index (χ1v) is 16.3. The molecule has 5 aromatic rings. The summed E-state index contributed by atoms with van der Waals surface area (Å²) < 4.78 is 19.1. The molecule has 1 fully saturated rings. The van der Waals surface area contributed by atoms with Crippen LogP contribution in [0, 0.1) is 20.8 Å². The van der Waals surface area contributed by atoms with Crippen molar-refractivity contribution in [2.45, 2.75) is 47.3 Å². The highest BCUT2D eigenvalue weighted by atomic mass is 32.1. The number of nitrogens with zero attached hydrogens (tertiary/aromatic N) is 4. The van der Waals surface area contributed by atoms with Crippen LogP contribution < -0.4 is 14.4 Å². The second-order valence-corrected chi connectivity index (χ2v) is 12.1. The minimum Gasteiger partial charge on any atom is -0.505 e. The van der Waals surface area contributed by atoms with Crippen molar-refractivity contribution in [3.8, 4) is 11.5 Å². The van der Waals surface area contributed by atoms with Crippen molar-refractivity contribution in [2.75, 3.05) is 18.1 Å². The topological polar surface area (TPSA) is 133 Å². The van der Waals surface area contributed by atoms with Crippen molar-refractivity contribution < 1.29 is 33.7 Å². The Labute approximate surface area is 281 Å². The number of rotatable bonds is 10. The Morgan fingerprint density at radius 1 is 0.938 bits per heavy atom. The normalized spacial score (nSPS) is 15.7. The molecule has 0 spiro atoms. The lowest BCUT2D eigenvalue weighted by Gasteiger charge is -2.24. The molecule has 1 N–H and O–H groups in total. The van der Waals surface area contributed by atoms with E-state index in [-0.39, 0.29) is 27.9 Å². The molecule has 1 aliphatic rings. The zero-order valence-corrected chi connectivity index (χ0v) is 28.0. The van der Waals surface area contributed by atoms with Crippen LogP contribution >= 0.6 is 11.3 Å². The molecular formula is C36H34N4O7S. The molecule has 1 aliphatic heterocycles. The molecule has 48 heavy (non-hydrogen) atoms. The van der Waals surface area contributed by atoms with E-state index in [0.717, 1.165) is 22.5 Å². The minimum absolute atomic E-state index is 0.103. The van der Waals surface area contributed by atoms with Crippen LogP contribution in [0.5, 0.6) is 11.5 Å². The molecule has 6 rings (SSSR count). The SMILES string of the molecule is CCOC(=O)c1sc(N2C(=O)C(=O)C(=C(O)c3nc4c(C)cccn4c3C)C2c2ccc(OCc3ccccc3)c(OCC)c2)nc1C. The first-order chi connectivity index (χ1) is 23.1. The smallest absolute Gasteiger partial charge is 0.350 e. The lowest BCUT2D eigenvalue weighted by molar-refractivity contribution is -0.132. The molecule has 0 bridgehead atoms. The number of anilines is 1. The van der Waals surface area contributed by atoms with Gasteiger partial charge in [0.15, 0.2) is 22.4 Å². The molecule has 0 saturated carbocycles. The van der Waals surface area contributed by atoms with Crippen LogP contribution in [-0.2, 0) is 20.9 Å². The van der Waals surface area contributed by atoms with Crippen LogP contribution in [0.15, 0.2) is 72.4 Å². The molecule has 1 atom stereocenters. The molecule has 0 aliphatic carbocycles. The number of hydrogen-bond acceptors (Lipinski definition) is 10. The molecule has 2 aromatic carbocycles. The highest BCUT2D eigenvalue weighted by Gasteiger charge is 2.49. The van der Waals surface area contributed by atoms with Gasteiger partial charge in [-0.1, -0.05) is 53.8 Å². The summed E-state index contributed by atoms with van der Waals surface area (Å²) >= 11 is 0.938. The summed E-state index contributed by atoms with van der Waals surface area (Å²) in [6.07, 6.45) is 1.81. The number of aryl methyl sites for hydroxylation is 3. The Bertz CT molecular complexity index is 2080. The zero-order chi connectivity index (χ0) is 34.1. The highest BCUT2D eigenvalue weighted by Crippen LogP contribution is 2.46. The molecule has 1 saturated heterocycles. The van der Waals surface area contributed by atoms with Crippen LogP contribution in [0.1, 0.15) is 63.3 Å². The maximum atomic E-state index is 13.9. The predicted octanol–water partition coefficient (Wildman–Crippen LogP) is 6.50. The standard InChI is InChI=1S/C36H34N4O7S/c1-6-45-26-18-24(15-16-25(26)47-19-23-13-9-8-10-14-23)29-27(30(41)28-22(5)39-17-11-12-20(3)33(39)38-28)31(42)34(43)40(29)36-37-21(4)32(48-36)35(44)46-7-2/h8-18,29,41H,6-7,19H2,1-5H3. The Hall–Kier alpha value is -5.49. The third kappa shape index (κ3) is 5.79. The number of esters is 1. The summed E-state index contributed by atoms with van der Waals surface area (Å²) in [5.74, 6) is -1.99. The van der Waals surface area contributed by atoms with E-state index >= 15 is 0 Å². The minimum atomic E-state index is -1.14. The molecule has 4 heterocycles. The number of carbonyl (C=O) groups excluding carboxylic acids is 3. The molecule has 12 heteroatoms. The first-order valence-electron chi connectivity index (χ1n) is 15.5. The lowest BCUT2D eigenvalue weighted by atomic mass is 9.96. The van der Waals surface area contributed by atoms with Gasteiger partial charge in [-0.25, -0.2) is 14.8 Å². The number of aromatic nitrogens is 3. The number of amides is 1. The Kier molecular flexibility index (Phi) is 9.01. The maximum absolute atomic E-state index is 13.9. The number of hydrogen-bond donors (Lipinski definition) is 1. The largest absolute Gasteiger partial charge is 0.505 e. The van der Waals surface area contributed by atoms with Crippen molar-refractivity contribution in [2.24, 2.45) is 0 Å². The maximum Gasteiger partial charge on any atom is 0.350 e. The number of benzene rings is 2. The van der Waals surface area contributed by atoms with Gasteiger partial charge < -0.3 is 23.7 Å². The summed E-state index contributed by atoms with van der Waals surface area (Å²) in [6, 6.07) is 17.4. The summed E-state index contributed by atoms with van der Waals surface area (Å²) in [6.45, 7) is 9.61. The number of aliphatic hydroxyl groups excluding tert-OH is 1. The molecular weight excluding hydrogens is 632 g/mol. The van der Waals surface area contributed by atoms with Gasteiger partial charge in [-0.3, -0.25) is 14.5 Å². The van der Waals surface area contributed by atoms with Crippen molar-refractivity contribution in [3.05, 3.63) is 111 Å². The Morgan fingerprint density at radius 3 is 2.42 bits per heavy atom. The van der Waals surface area contributed by atoms with Gasteiger partial charge in [0.2, 0.25) is 0 Å². The summed E-state index contributed by atoms with van der Waals surface area (Å²) in [5.41, 5.74) is 3.83. The van der Waals surface area contributed by atoms with E-state index in [1.807, 2.05) is 66.9 Å². The van der Waals surface area contributed by atoms with E-state index in [9.17, 15) is 19.5 Å². The van der Waals surface area contributed by atoms with Crippen LogP contribution in [-0.4, -0.2) is 50.3 Å². The number of aliphatic hydroxyl groups is 1. The van der Waals surface area contributed by atoms with Gasteiger partial charge in [-0.05, 0) is 69.5 Å². The third-order valence-corrected chi connectivity index (χ3v) is 9.16. The first kappa shape index (κ1) is 32.5. The fourth-order valence-corrected chi connectivity index (χ4v) is 6.70. The molecule has 246 valence electrons. The third-order valence-electron chi connectivity index (χ3n) is 8.03. The number of carbonyl (C=O) groups is 3. The second-order valence-electron chi connectivity index (χ2n) is 11.1. The molecule has 1 amide bonds. The number of imidazole rings is 1. The Balaban J connectivity index is 1.52. The quantitative estimate of drug-likeness (QED) is 0.0768. The molecule has 3 aromatic heterocycles. The van der Waals surface area contributed by atoms with Gasteiger partial charge in [0, 0.05) is 6.20 Å². The number of ketones is 1. The van der Waals surface area contributed by atoms with Crippen molar-refractivity contribution in [1.82, 2.24) is 14.4 Å². The van der Waals surface area contributed by atoms with Crippen LogP contribution in [0.3, 0.4) is 0 Å². The lowest BCUT2D eigenvalue weighted by Crippen LogP contribution is -2.29. The Morgan fingerprint density at radius 2 is 1.71 bits per heavy atom. The number of ether oxygens (including phenoxy) is 3. The van der Waals surface area contributed by atoms with Crippen molar-refractivity contribution >= 4 is 45.5 Å². The van der Waals surface area contributed by atoms with E-state index < -0.39 is 29.5 Å². The molecule has 1 unspecified atom stereocenters. The molecule has 0 radical (unpaired) electrons. The van der Waals surface area contributed by atoms with Gasteiger partial charge in [0.1, 0.15) is 22.8 Å². The predicted molar refractivity (Wildman–Crippen MR) is 181 cm³/mol. The second kappa shape index (κ2) is 13.3. The molecule has 11 nitrogen and oxygen atoms in total. The summed E-state index contributed by atoms with van der Waals surface area (Å²) in [5, 5.41) is 12.0. The number of fused-ring (bicyclic) bond motifs is 1. The summed E-state index contributed by atoms with van der Waals surface area (Å²) in [7, 11) is 0. The van der Waals surface area contributed by atoms with Crippen LogP contribution in [0.4, 0.5) is 5.13 Å². The van der Waals surface area contributed by atoms with Gasteiger partial charge in [-0.15, -0.1) is 0 Å². The van der Waals surface area contributed by atoms with Crippen LogP contribution in [0.25, 0.3) is 11.4 Å². The van der Waals surface area contributed by atoms with E-state index in [0.29, 0.717) is 47.3 Å². The van der Waals surface area contributed by atoms with Gasteiger partial charge in [0.25, 0.3) is 5.78 Å². The summed E-state index contributed by atoms with van der Waals surface area (Å²) in [4.78, 5) is 51.1. The van der Waals surface area contributed by atoms with E-state index in [4.69, 9.17) is 14.2 Å². The zero-order valence-electron chi connectivity index (χ0n) is 27.1.